The summed E-state index contributed by atoms with van der Waals surface area (Å²) in [4.78, 5) is 24.2. The number of carbonyl (C=O) groups excluding carboxylic acids is 1. The molecule has 0 radical (unpaired) electrons. The van der Waals surface area contributed by atoms with Gasteiger partial charge in [-0.1, -0.05) is 0 Å². The van der Waals surface area contributed by atoms with Gasteiger partial charge in [-0.2, -0.15) is 4.98 Å². The van der Waals surface area contributed by atoms with E-state index in [0.29, 0.717) is 53.5 Å². The van der Waals surface area contributed by atoms with Gasteiger partial charge in [0.05, 0.1) is 34.5 Å². The van der Waals surface area contributed by atoms with Crippen LogP contribution < -0.4 is 29.7 Å². The van der Waals surface area contributed by atoms with E-state index in [1.165, 1.54) is 21.3 Å². The highest BCUT2D eigenvalue weighted by Crippen LogP contribution is 2.38. The van der Waals surface area contributed by atoms with Crippen LogP contribution >= 0.6 is 0 Å². The summed E-state index contributed by atoms with van der Waals surface area (Å²) in [6.07, 6.45) is 0. The van der Waals surface area contributed by atoms with Crippen LogP contribution in [0.25, 0.3) is 0 Å². The number of aromatic nitrogens is 2. The lowest BCUT2D eigenvalue weighted by Gasteiger charge is -2.27. The minimum Gasteiger partial charge on any atom is -0.493 e. The van der Waals surface area contributed by atoms with E-state index in [-0.39, 0.29) is 5.91 Å². The predicted octanol–water partition coefficient (Wildman–Crippen LogP) is 3.64. The molecule has 1 aromatic heterocycles. The number of ether oxygens (including phenoxy) is 4. The van der Waals surface area contributed by atoms with Crippen molar-refractivity contribution in [2.24, 2.45) is 0 Å². The van der Waals surface area contributed by atoms with Crippen molar-refractivity contribution in [1.82, 2.24) is 9.97 Å². The highest BCUT2D eigenvalue weighted by Gasteiger charge is 2.18. The van der Waals surface area contributed by atoms with Gasteiger partial charge in [-0.3, -0.25) is 4.79 Å². The lowest BCUT2D eigenvalue weighted by atomic mass is 10.1. The molecule has 0 saturated carbocycles. The molecule has 4 rings (SSSR count). The number of nitrogens with zero attached hydrogens (tertiary/aromatic N) is 3. The van der Waals surface area contributed by atoms with Crippen molar-refractivity contribution in [3.63, 3.8) is 0 Å². The first-order chi connectivity index (χ1) is 17.0. The second-order valence-electron chi connectivity index (χ2n) is 7.86. The Hall–Kier alpha value is -4.05. The Kier molecular flexibility index (Phi) is 7.51. The van der Waals surface area contributed by atoms with E-state index < -0.39 is 0 Å². The van der Waals surface area contributed by atoms with Gasteiger partial charge in [-0.15, -0.1) is 0 Å². The zero-order valence-electron chi connectivity index (χ0n) is 20.3. The number of carbonyl (C=O) groups is 1. The number of hydrogen-bond acceptors (Lipinski definition) is 9. The normalized spacial score (nSPS) is 13.2. The van der Waals surface area contributed by atoms with Crippen molar-refractivity contribution >= 4 is 29.0 Å². The minimum absolute atomic E-state index is 0.299. The number of amides is 1. The summed E-state index contributed by atoms with van der Waals surface area (Å²) in [5, 5.41) is 6.20. The Balaban J connectivity index is 1.45. The first-order valence-corrected chi connectivity index (χ1v) is 11.2. The van der Waals surface area contributed by atoms with Crippen LogP contribution in [0.5, 0.6) is 17.2 Å². The Labute approximate surface area is 204 Å². The summed E-state index contributed by atoms with van der Waals surface area (Å²) < 4.78 is 21.4. The SMILES string of the molecule is COc1cc(C(=O)Nc2ccc(Nc3cc(C)nc(N4CCOCC4)n3)cc2)cc(OC)c1OC. The van der Waals surface area contributed by atoms with Gasteiger partial charge in [0.15, 0.2) is 11.5 Å². The Morgan fingerprint density at radius 1 is 0.914 bits per heavy atom. The quantitative estimate of drug-likeness (QED) is 0.501. The molecule has 184 valence electrons. The topological polar surface area (TPSA) is 107 Å². The first kappa shape index (κ1) is 24.1. The first-order valence-electron chi connectivity index (χ1n) is 11.2. The van der Waals surface area contributed by atoms with E-state index in [2.05, 4.69) is 25.5 Å². The second kappa shape index (κ2) is 10.9. The molecule has 1 fully saturated rings. The number of morpholine rings is 1. The van der Waals surface area contributed by atoms with Gasteiger partial charge in [0.25, 0.3) is 5.91 Å². The monoisotopic (exact) mass is 479 g/mol. The molecule has 1 amide bonds. The number of aryl methyl sites for hydroxylation is 1. The summed E-state index contributed by atoms with van der Waals surface area (Å²) in [6.45, 7) is 4.82. The molecule has 0 unspecified atom stereocenters. The highest BCUT2D eigenvalue weighted by atomic mass is 16.5. The third-order valence-electron chi connectivity index (χ3n) is 5.48. The number of anilines is 4. The van der Waals surface area contributed by atoms with Crippen molar-refractivity contribution in [2.45, 2.75) is 6.92 Å². The molecule has 2 heterocycles. The van der Waals surface area contributed by atoms with E-state index in [1.54, 1.807) is 12.1 Å². The molecule has 3 aromatic rings. The maximum absolute atomic E-state index is 12.8. The van der Waals surface area contributed by atoms with Crippen LogP contribution in [0, 0.1) is 6.92 Å². The van der Waals surface area contributed by atoms with Crippen molar-refractivity contribution in [3.05, 3.63) is 53.7 Å². The maximum atomic E-state index is 12.8. The fourth-order valence-electron chi connectivity index (χ4n) is 3.72. The number of rotatable bonds is 8. The van der Waals surface area contributed by atoms with Gasteiger partial charge >= 0.3 is 0 Å². The molecular weight excluding hydrogens is 450 g/mol. The molecule has 10 nitrogen and oxygen atoms in total. The van der Waals surface area contributed by atoms with Gasteiger partial charge in [0.2, 0.25) is 11.7 Å². The van der Waals surface area contributed by atoms with Crippen LogP contribution in [-0.2, 0) is 4.74 Å². The van der Waals surface area contributed by atoms with Gasteiger partial charge in [0, 0.05) is 41.8 Å². The zero-order valence-corrected chi connectivity index (χ0v) is 20.3. The van der Waals surface area contributed by atoms with Crippen molar-refractivity contribution in [3.8, 4) is 17.2 Å². The Morgan fingerprint density at radius 3 is 2.14 bits per heavy atom. The van der Waals surface area contributed by atoms with Crippen LogP contribution in [0.15, 0.2) is 42.5 Å². The number of nitrogens with one attached hydrogen (secondary N) is 2. The van der Waals surface area contributed by atoms with Gasteiger partial charge in [0.1, 0.15) is 5.82 Å². The Bertz CT molecular complexity index is 1150. The summed E-state index contributed by atoms with van der Waals surface area (Å²) in [5.41, 5.74) is 2.73. The second-order valence-corrected chi connectivity index (χ2v) is 7.86. The molecule has 35 heavy (non-hydrogen) atoms. The van der Waals surface area contributed by atoms with Crippen LogP contribution in [0.4, 0.5) is 23.1 Å². The van der Waals surface area contributed by atoms with Gasteiger partial charge in [-0.25, -0.2) is 4.98 Å². The van der Waals surface area contributed by atoms with Crippen LogP contribution in [-0.4, -0.2) is 63.5 Å². The molecule has 1 aliphatic heterocycles. The third kappa shape index (κ3) is 5.72. The summed E-state index contributed by atoms with van der Waals surface area (Å²) in [5.74, 6) is 2.34. The molecule has 0 atom stereocenters. The van der Waals surface area contributed by atoms with E-state index in [1.807, 2.05) is 37.3 Å². The molecule has 1 saturated heterocycles. The van der Waals surface area contributed by atoms with Crippen molar-refractivity contribution in [2.75, 3.05) is 63.2 Å². The molecule has 10 heteroatoms. The summed E-state index contributed by atoms with van der Waals surface area (Å²) >= 11 is 0. The average Bonchev–Trinajstić information content (AvgIpc) is 2.89. The molecular formula is C25H29N5O5. The number of benzene rings is 2. The molecule has 1 aliphatic rings. The molecule has 2 aromatic carbocycles. The summed E-state index contributed by atoms with van der Waals surface area (Å²) in [6, 6.07) is 12.5. The standard InChI is InChI=1S/C25H29N5O5/c1-16-13-22(29-25(26-16)30-9-11-35-12-10-30)27-18-5-7-19(8-6-18)28-24(31)17-14-20(32-2)23(34-4)21(15-17)33-3/h5-8,13-15H,9-12H2,1-4H3,(H,28,31)(H,26,27,29). The number of hydrogen-bond donors (Lipinski definition) is 2. The van der Waals surface area contributed by atoms with Gasteiger partial charge < -0.3 is 34.5 Å². The van der Waals surface area contributed by atoms with E-state index >= 15 is 0 Å². The van der Waals surface area contributed by atoms with Crippen LogP contribution in [0.1, 0.15) is 16.1 Å². The minimum atomic E-state index is -0.299. The fraction of sp³-hybridized carbons (Fsp3) is 0.320. The third-order valence-corrected chi connectivity index (χ3v) is 5.48. The maximum Gasteiger partial charge on any atom is 0.255 e. The number of methoxy groups -OCH3 is 3. The fourth-order valence-corrected chi connectivity index (χ4v) is 3.72. The lowest BCUT2D eigenvalue weighted by Crippen LogP contribution is -2.37. The smallest absolute Gasteiger partial charge is 0.255 e. The highest BCUT2D eigenvalue weighted by molar-refractivity contribution is 6.05. The molecule has 0 spiro atoms. The van der Waals surface area contributed by atoms with Crippen LogP contribution in [0.3, 0.4) is 0 Å². The largest absolute Gasteiger partial charge is 0.493 e. The molecule has 0 bridgehead atoms. The summed E-state index contributed by atoms with van der Waals surface area (Å²) in [7, 11) is 4.53. The van der Waals surface area contributed by atoms with E-state index in [0.717, 1.165) is 24.5 Å². The predicted molar refractivity (Wildman–Crippen MR) is 134 cm³/mol. The van der Waals surface area contributed by atoms with Crippen molar-refractivity contribution in [1.29, 1.82) is 0 Å². The Morgan fingerprint density at radius 2 is 1.54 bits per heavy atom. The van der Waals surface area contributed by atoms with Gasteiger partial charge in [-0.05, 0) is 43.3 Å². The van der Waals surface area contributed by atoms with Crippen LogP contribution in [0.2, 0.25) is 0 Å². The zero-order chi connectivity index (χ0) is 24.8. The van der Waals surface area contributed by atoms with E-state index in [4.69, 9.17) is 18.9 Å². The molecule has 2 N–H and O–H groups in total. The molecule has 0 aliphatic carbocycles. The lowest BCUT2D eigenvalue weighted by molar-refractivity contribution is 0.102. The van der Waals surface area contributed by atoms with Crippen molar-refractivity contribution < 1.29 is 23.7 Å². The average molecular weight is 480 g/mol. The van der Waals surface area contributed by atoms with E-state index in [9.17, 15) is 4.79 Å².